The first kappa shape index (κ1) is 12.9. The van der Waals surface area contributed by atoms with Crippen LogP contribution in [0.1, 0.15) is 19.8 Å². The molecule has 16 heavy (non-hydrogen) atoms. The summed E-state index contributed by atoms with van der Waals surface area (Å²) in [6.07, 6.45) is 5.99. The van der Waals surface area contributed by atoms with Crippen molar-refractivity contribution in [2.75, 3.05) is 0 Å². The molecule has 0 saturated carbocycles. The van der Waals surface area contributed by atoms with E-state index in [9.17, 15) is 17.8 Å². The SMILES string of the molecule is CCCC1(S(=O)(=O)O)C=CC=CC1C(=O)O. The van der Waals surface area contributed by atoms with Crippen LogP contribution in [-0.2, 0) is 14.9 Å². The molecular formula is C10H14O5S. The van der Waals surface area contributed by atoms with Crippen LogP contribution in [0.5, 0.6) is 0 Å². The third-order valence-electron chi connectivity index (χ3n) is 2.71. The van der Waals surface area contributed by atoms with Crippen LogP contribution in [0.2, 0.25) is 0 Å². The predicted octanol–water partition coefficient (Wildman–Crippen LogP) is 1.24. The molecule has 6 heteroatoms. The van der Waals surface area contributed by atoms with Crippen LogP contribution in [0.25, 0.3) is 0 Å². The van der Waals surface area contributed by atoms with Gasteiger partial charge in [0.1, 0.15) is 10.7 Å². The molecule has 90 valence electrons. The molecule has 0 aromatic carbocycles. The average molecular weight is 246 g/mol. The molecule has 0 aliphatic heterocycles. The molecule has 1 aliphatic carbocycles. The lowest BCUT2D eigenvalue weighted by Crippen LogP contribution is -2.47. The maximum absolute atomic E-state index is 11.4. The molecule has 1 aliphatic rings. The number of hydrogen-bond donors (Lipinski definition) is 2. The van der Waals surface area contributed by atoms with Gasteiger partial charge in [-0.15, -0.1) is 0 Å². The Labute approximate surface area is 94.2 Å². The first-order chi connectivity index (χ1) is 7.35. The molecule has 2 unspecified atom stereocenters. The lowest BCUT2D eigenvalue weighted by Gasteiger charge is -2.32. The van der Waals surface area contributed by atoms with Gasteiger partial charge in [0, 0.05) is 0 Å². The van der Waals surface area contributed by atoms with Crippen molar-refractivity contribution in [3.63, 3.8) is 0 Å². The Bertz CT molecular complexity index is 434. The van der Waals surface area contributed by atoms with Gasteiger partial charge in [-0.05, 0) is 6.42 Å². The van der Waals surface area contributed by atoms with Gasteiger partial charge in [0.25, 0.3) is 10.1 Å². The van der Waals surface area contributed by atoms with Gasteiger partial charge < -0.3 is 5.11 Å². The summed E-state index contributed by atoms with van der Waals surface area (Å²) in [6.45, 7) is 1.73. The standard InChI is InChI=1S/C10H14O5S/c1-2-6-10(16(13,14)15)7-4-3-5-8(10)9(11)12/h3-5,7-8H,2,6H2,1H3,(H,11,12)(H,13,14,15). The van der Waals surface area contributed by atoms with Crippen molar-refractivity contribution in [3.05, 3.63) is 24.3 Å². The van der Waals surface area contributed by atoms with Crippen LogP contribution in [0.15, 0.2) is 24.3 Å². The molecule has 0 heterocycles. The first-order valence-electron chi connectivity index (χ1n) is 4.91. The normalized spacial score (nSPS) is 29.2. The van der Waals surface area contributed by atoms with Crippen LogP contribution < -0.4 is 0 Å². The highest BCUT2D eigenvalue weighted by Crippen LogP contribution is 2.36. The molecule has 0 aromatic rings. The molecule has 0 radical (unpaired) electrons. The number of carboxylic acids is 1. The molecule has 1 rings (SSSR count). The van der Waals surface area contributed by atoms with Gasteiger partial charge in [0.05, 0.1) is 0 Å². The Kier molecular flexibility index (Phi) is 3.54. The van der Waals surface area contributed by atoms with Crippen molar-refractivity contribution >= 4 is 16.1 Å². The van der Waals surface area contributed by atoms with Crippen LogP contribution in [0, 0.1) is 5.92 Å². The second kappa shape index (κ2) is 4.39. The van der Waals surface area contributed by atoms with E-state index in [2.05, 4.69) is 0 Å². The summed E-state index contributed by atoms with van der Waals surface area (Å²) in [5.41, 5.74) is 0. The van der Waals surface area contributed by atoms with Crippen LogP contribution in [0.3, 0.4) is 0 Å². The number of carboxylic acid groups (broad SMARTS) is 1. The molecule has 0 amide bonds. The fourth-order valence-corrected chi connectivity index (χ4v) is 3.17. The predicted molar refractivity (Wildman–Crippen MR) is 58.6 cm³/mol. The Morgan fingerprint density at radius 3 is 2.50 bits per heavy atom. The number of hydrogen-bond acceptors (Lipinski definition) is 3. The van der Waals surface area contributed by atoms with E-state index < -0.39 is 26.8 Å². The van der Waals surface area contributed by atoms with E-state index in [1.807, 2.05) is 0 Å². The second-order valence-corrected chi connectivity index (χ2v) is 5.45. The van der Waals surface area contributed by atoms with Crippen molar-refractivity contribution < 1.29 is 22.9 Å². The molecule has 5 nitrogen and oxygen atoms in total. The molecule has 2 atom stereocenters. The molecule has 2 N–H and O–H groups in total. The largest absolute Gasteiger partial charge is 0.481 e. The topological polar surface area (TPSA) is 91.7 Å². The first-order valence-corrected chi connectivity index (χ1v) is 6.35. The lowest BCUT2D eigenvalue weighted by atomic mass is 9.84. The summed E-state index contributed by atoms with van der Waals surface area (Å²) in [7, 11) is -4.46. The number of rotatable bonds is 4. The molecular weight excluding hydrogens is 232 g/mol. The Balaban J connectivity index is 3.33. The van der Waals surface area contributed by atoms with Gasteiger partial charge in [-0.1, -0.05) is 37.6 Å². The van der Waals surface area contributed by atoms with E-state index in [0.717, 1.165) is 0 Å². The Morgan fingerprint density at radius 2 is 2.06 bits per heavy atom. The van der Waals surface area contributed by atoms with E-state index in [1.165, 1.54) is 24.3 Å². The summed E-state index contributed by atoms with van der Waals surface area (Å²) in [6, 6.07) is 0. The second-order valence-electron chi connectivity index (χ2n) is 3.74. The third kappa shape index (κ3) is 2.03. The summed E-state index contributed by atoms with van der Waals surface area (Å²) in [5, 5.41) is 9.00. The third-order valence-corrected chi connectivity index (χ3v) is 4.26. The van der Waals surface area contributed by atoms with Crippen molar-refractivity contribution in [1.29, 1.82) is 0 Å². The number of allylic oxidation sites excluding steroid dienone is 2. The van der Waals surface area contributed by atoms with Crippen molar-refractivity contribution in [1.82, 2.24) is 0 Å². The Morgan fingerprint density at radius 1 is 1.44 bits per heavy atom. The van der Waals surface area contributed by atoms with Crippen molar-refractivity contribution in [2.24, 2.45) is 5.92 Å². The summed E-state index contributed by atoms with van der Waals surface area (Å²) >= 11 is 0. The van der Waals surface area contributed by atoms with Gasteiger partial charge in [-0.3, -0.25) is 9.35 Å². The zero-order valence-corrected chi connectivity index (χ0v) is 9.64. The van der Waals surface area contributed by atoms with Crippen molar-refractivity contribution in [2.45, 2.75) is 24.5 Å². The summed E-state index contributed by atoms with van der Waals surface area (Å²) < 4.78 is 30.4. The van der Waals surface area contributed by atoms with Gasteiger partial charge in [0.2, 0.25) is 0 Å². The smallest absolute Gasteiger partial charge is 0.312 e. The minimum absolute atomic E-state index is 0.0731. The molecule has 0 saturated heterocycles. The number of aliphatic carboxylic acids is 1. The monoisotopic (exact) mass is 246 g/mol. The zero-order valence-electron chi connectivity index (χ0n) is 8.83. The summed E-state index contributed by atoms with van der Waals surface area (Å²) in [4.78, 5) is 11.0. The van der Waals surface area contributed by atoms with E-state index in [4.69, 9.17) is 5.11 Å². The van der Waals surface area contributed by atoms with Gasteiger partial charge >= 0.3 is 5.97 Å². The van der Waals surface area contributed by atoms with E-state index in [0.29, 0.717) is 6.42 Å². The van der Waals surface area contributed by atoms with Gasteiger partial charge in [-0.2, -0.15) is 8.42 Å². The van der Waals surface area contributed by atoms with Crippen LogP contribution >= 0.6 is 0 Å². The fourth-order valence-electron chi connectivity index (χ4n) is 1.96. The fraction of sp³-hybridized carbons (Fsp3) is 0.500. The van der Waals surface area contributed by atoms with Crippen LogP contribution in [-0.4, -0.2) is 28.8 Å². The molecule has 0 aromatic heterocycles. The maximum Gasteiger partial charge on any atom is 0.312 e. The maximum atomic E-state index is 11.4. The van der Waals surface area contributed by atoms with Gasteiger partial charge in [0.15, 0.2) is 0 Å². The quantitative estimate of drug-likeness (QED) is 0.728. The number of carbonyl (C=O) groups is 1. The minimum Gasteiger partial charge on any atom is -0.481 e. The van der Waals surface area contributed by atoms with Crippen LogP contribution in [0.4, 0.5) is 0 Å². The van der Waals surface area contributed by atoms with E-state index in [-0.39, 0.29) is 6.42 Å². The highest BCUT2D eigenvalue weighted by molar-refractivity contribution is 7.87. The van der Waals surface area contributed by atoms with E-state index in [1.54, 1.807) is 6.92 Å². The van der Waals surface area contributed by atoms with Gasteiger partial charge in [-0.25, -0.2) is 0 Å². The minimum atomic E-state index is -4.46. The molecule has 0 bridgehead atoms. The van der Waals surface area contributed by atoms with E-state index >= 15 is 0 Å². The average Bonchev–Trinajstić information content (AvgIpc) is 2.16. The highest BCUT2D eigenvalue weighted by Gasteiger charge is 2.50. The Hall–Kier alpha value is -1.14. The molecule has 0 fully saturated rings. The highest BCUT2D eigenvalue weighted by atomic mass is 32.2. The lowest BCUT2D eigenvalue weighted by molar-refractivity contribution is -0.140. The zero-order chi connectivity index (χ0) is 12.4. The summed E-state index contributed by atoms with van der Waals surface area (Å²) in [5.74, 6) is -2.50. The van der Waals surface area contributed by atoms with Crippen molar-refractivity contribution in [3.8, 4) is 0 Å². The molecule has 0 spiro atoms.